The molecule has 0 saturated carbocycles. The minimum atomic E-state index is -0.206. The molecule has 120 valence electrons. The third kappa shape index (κ3) is 5.07. The lowest BCUT2D eigenvalue weighted by Gasteiger charge is -2.08. The van der Waals surface area contributed by atoms with Crippen LogP contribution in [-0.4, -0.2) is 22.2 Å². The van der Waals surface area contributed by atoms with E-state index in [9.17, 15) is 9.59 Å². The largest absolute Gasteiger partial charge is 0.354 e. The van der Waals surface area contributed by atoms with Crippen molar-refractivity contribution >= 4 is 17.5 Å². The molecule has 1 aromatic heterocycles. The highest BCUT2D eigenvalue weighted by Crippen LogP contribution is 2.18. The second-order valence-corrected chi connectivity index (χ2v) is 5.40. The maximum atomic E-state index is 11.9. The summed E-state index contributed by atoms with van der Waals surface area (Å²) in [5, 5.41) is 7.72. The number of benzene rings is 1. The first-order chi connectivity index (χ1) is 11.1. The Balaban J connectivity index is 2.03. The summed E-state index contributed by atoms with van der Waals surface area (Å²) in [6.07, 6.45) is 2.73. The van der Waals surface area contributed by atoms with Crippen molar-refractivity contribution in [1.29, 1.82) is 0 Å². The van der Waals surface area contributed by atoms with Crippen molar-refractivity contribution in [1.82, 2.24) is 15.1 Å². The maximum Gasteiger partial charge on any atom is 0.266 e. The summed E-state index contributed by atoms with van der Waals surface area (Å²) in [5.41, 5.74) is 1.35. The van der Waals surface area contributed by atoms with Gasteiger partial charge in [-0.2, -0.15) is 5.10 Å². The summed E-state index contributed by atoms with van der Waals surface area (Å²) < 4.78 is 1.34. The van der Waals surface area contributed by atoms with Crippen molar-refractivity contribution in [3.63, 3.8) is 0 Å². The van der Waals surface area contributed by atoms with Gasteiger partial charge in [-0.3, -0.25) is 9.59 Å². The van der Waals surface area contributed by atoms with Gasteiger partial charge in [-0.25, -0.2) is 4.68 Å². The molecule has 1 amide bonds. The number of carbonyl (C=O) groups excluding carboxylic acids is 1. The lowest BCUT2D eigenvalue weighted by Crippen LogP contribution is -2.31. The van der Waals surface area contributed by atoms with Gasteiger partial charge in [0, 0.05) is 29.6 Å². The number of hydrogen-bond donors (Lipinski definition) is 1. The fourth-order valence-corrected chi connectivity index (χ4v) is 2.13. The van der Waals surface area contributed by atoms with Crippen LogP contribution >= 0.6 is 11.6 Å². The summed E-state index contributed by atoms with van der Waals surface area (Å²) in [6.45, 7) is 4.25. The van der Waals surface area contributed by atoms with Gasteiger partial charge in [0.15, 0.2) is 0 Å². The van der Waals surface area contributed by atoms with Crippen molar-refractivity contribution in [3.05, 3.63) is 64.4 Å². The Morgan fingerprint density at radius 1 is 1.26 bits per heavy atom. The minimum absolute atomic E-state index is 0.0631. The van der Waals surface area contributed by atoms with Gasteiger partial charge in [0.2, 0.25) is 5.91 Å². The van der Waals surface area contributed by atoms with Gasteiger partial charge in [-0.05, 0) is 24.6 Å². The van der Waals surface area contributed by atoms with Gasteiger partial charge in [0.25, 0.3) is 5.56 Å². The Hall–Kier alpha value is -2.40. The number of carbonyl (C=O) groups is 1. The number of amides is 1. The van der Waals surface area contributed by atoms with Crippen LogP contribution in [-0.2, 0) is 11.3 Å². The van der Waals surface area contributed by atoms with E-state index in [4.69, 9.17) is 11.6 Å². The molecule has 0 spiro atoms. The molecule has 0 aliphatic heterocycles. The zero-order valence-corrected chi connectivity index (χ0v) is 13.4. The predicted molar refractivity (Wildman–Crippen MR) is 91.4 cm³/mol. The summed E-state index contributed by atoms with van der Waals surface area (Å²) in [7, 11) is 0. The first-order valence-corrected chi connectivity index (χ1v) is 7.69. The average molecular weight is 332 g/mol. The number of allylic oxidation sites excluding steroid dienone is 1. The maximum absolute atomic E-state index is 11.9. The normalized spacial score (nSPS) is 10.3. The quantitative estimate of drug-likeness (QED) is 0.793. The Morgan fingerprint density at radius 2 is 2.00 bits per heavy atom. The molecule has 6 heteroatoms. The van der Waals surface area contributed by atoms with E-state index in [1.54, 1.807) is 24.3 Å². The monoisotopic (exact) mass is 331 g/mol. The molecule has 1 heterocycles. The summed E-state index contributed by atoms with van der Waals surface area (Å²) in [5.74, 6) is -0.0631. The van der Waals surface area contributed by atoms with Crippen LogP contribution in [0.1, 0.15) is 12.8 Å². The lowest BCUT2D eigenvalue weighted by molar-refractivity contribution is -0.121. The molecule has 0 saturated heterocycles. The zero-order chi connectivity index (χ0) is 16.7. The lowest BCUT2D eigenvalue weighted by atomic mass is 10.1. The molecule has 5 nitrogen and oxygen atoms in total. The van der Waals surface area contributed by atoms with Crippen LogP contribution in [0.15, 0.2) is 53.8 Å². The van der Waals surface area contributed by atoms with Crippen molar-refractivity contribution < 1.29 is 4.79 Å². The number of nitrogens with zero attached hydrogens (tertiary/aromatic N) is 2. The highest BCUT2D eigenvalue weighted by molar-refractivity contribution is 6.30. The minimum Gasteiger partial charge on any atom is -0.354 e. The molecule has 1 N–H and O–H groups in total. The fourth-order valence-electron chi connectivity index (χ4n) is 2.01. The van der Waals surface area contributed by atoms with Gasteiger partial charge in [-0.15, -0.1) is 6.58 Å². The van der Waals surface area contributed by atoms with E-state index in [1.807, 2.05) is 12.1 Å². The average Bonchev–Trinajstić information content (AvgIpc) is 2.55. The fraction of sp³-hybridized carbons (Fsp3) is 0.235. The second-order valence-electron chi connectivity index (χ2n) is 4.96. The Morgan fingerprint density at radius 3 is 2.70 bits per heavy atom. The van der Waals surface area contributed by atoms with Crippen LogP contribution in [0.5, 0.6) is 0 Å². The number of aromatic nitrogens is 2. The van der Waals surface area contributed by atoms with Gasteiger partial charge in [-0.1, -0.05) is 29.8 Å². The molecule has 0 atom stereocenters. The molecule has 1 aromatic carbocycles. The van der Waals surface area contributed by atoms with Gasteiger partial charge in [0.05, 0.1) is 12.2 Å². The van der Waals surface area contributed by atoms with Gasteiger partial charge < -0.3 is 5.32 Å². The molecular formula is C17H18ClN3O2. The van der Waals surface area contributed by atoms with Gasteiger partial charge >= 0.3 is 0 Å². The standard InChI is InChI=1S/C17H18ClN3O2/c1-2-3-4-16(22)19-11-12-21-17(23)10-9-15(20-21)13-5-7-14(18)8-6-13/h2,5-10H,1,3-4,11-12H2,(H,19,22). The topological polar surface area (TPSA) is 64.0 Å². The van der Waals surface area contributed by atoms with Crippen molar-refractivity contribution in [2.75, 3.05) is 6.54 Å². The molecule has 2 rings (SSSR count). The third-order valence-electron chi connectivity index (χ3n) is 3.23. The van der Waals surface area contributed by atoms with Crippen LogP contribution in [0.25, 0.3) is 11.3 Å². The zero-order valence-electron chi connectivity index (χ0n) is 12.7. The van der Waals surface area contributed by atoms with E-state index in [1.165, 1.54) is 10.7 Å². The molecule has 0 unspecified atom stereocenters. The number of rotatable bonds is 7. The first kappa shape index (κ1) is 17.0. The Labute approximate surface area is 139 Å². The van der Waals surface area contributed by atoms with Crippen LogP contribution < -0.4 is 10.9 Å². The molecule has 0 radical (unpaired) electrons. The SMILES string of the molecule is C=CCCC(=O)NCCn1nc(-c2ccc(Cl)cc2)ccc1=O. The predicted octanol–water partition coefficient (Wildman–Crippen LogP) is 2.65. The molecule has 0 fully saturated rings. The van der Waals surface area contributed by atoms with E-state index in [0.717, 1.165) is 5.56 Å². The molecule has 0 bridgehead atoms. The third-order valence-corrected chi connectivity index (χ3v) is 3.48. The van der Waals surface area contributed by atoms with Crippen LogP contribution in [0.3, 0.4) is 0 Å². The summed E-state index contributed by atoms with van der Waals surface area (Å²) in [4.78, 5) is 23.4. The van der Waals surface area contributed by atoms with E-state index in [0.29, 0.717) is 36.6 Å². The van der Waals surface area contributed by atoms with Crippen LogP contribution in [0.4, 0.5) is 0 Å². The van der Waals surface area contributed by atoms with Crippen molar-refractivity contribution in [2.24, 2.45) is 0 Å². The first-order valence-electron chi connectivity index (χ1n) is 7.32. The highest BCUT2D eigenvalue weighted by atomic mass is 35.5. The van der Waals surface area contributed by atoms with E-state index in [2.05, 4.69) is 17.0 Å². The number of nitrogens with one attached hydrogen (secondary N) is 1. The Bertz CT molecular complexity index is 738. The van der Waals surface area contributed by atoms with Crippen molar-refractivity contribution in [2.45, 2.75) is 19.4 Å². The van der Waals surface area contributed by atoms with Crippen molar-refractivity contribution in [3.8, 4) is 11.3 Å². The van der Waals surface area contributed by atoms with E-state index < -0.39 is 0 Å². The summed E-state index contributed by atoms with van der Waals surface area (Å²) >= 11 is 5.87. The second kappa shape index (κ2) is 8.29. The molecular weight excluding hydrogens is 314 g/mol. The Kier molecular flexibility index (Phi) is 6.11. The molecule has 0 aliphatic carbocycles. The highest BCUT2D eigenvalue weighted by Gasteiger charge is 2.04. The van der Waals surface area contributed by atoms with E-state index >= 15 is 0 Å². The summed E-state index contributed by atoms with van der Waals surface area (Å²) in [6, 6.07) is 10.4. The number of halogens is 1. The van der Waals surface area contributed by atoms with E-state index in [-0.39, 0.29) is 11.5 Å². The van der Waals surface area contributed by atoms with Gasteiger partial charge in [0.1, 0.15) is 0 Å². The van der Waals surface area contributed by atoms with Crippen LogP contribution in [0, 0.1) is 0 Å². The molecule has 0 aliphatic rings. The van der Waals surface area contributed by atoms with Crippen LogP contribution in [0.2, 0.25) is 5.02 Å². The molecule has 23 heavy (non-hydrogen) atoms. The smallest absolute Gasteiger partial charge is 0.266 e. The number of hydrogen-bond acceptors (Lipinski definition) is 3. The molecule has 2 aromatic rings.